The molecule has 0 saturated carbocycles. The van der Waals surface area contributed by atoms with Crippen molar-refractivity contribution in [1.29, 1.82) is 5.41 Å². The quantitative estimate of drug-likeness (QED) is 0.251. The summed E-state index contributed by atoms with van der Waals surface area (Å²) in [7, 11) is 0. The van der Waals surface area contributed by atoms with Crippen LogP contribution in [-0.4, -0.2) is 36.4 Å². The van der Waals surface area contributed by atoms with Gasteiger partial charge in [0.1, 0.15) is 6.04 Å². The van der Waals surface area contributed by atoms with Crippen molar-refractivity contribution in [2.45, 2.75) is 18.9 Å². The Hall–Kier alpha value is -1.20. The minimum atomic E-state index is -0.958. The summed E-state index contributed by atoms with van der Waals surface area (Å²) in [6, 6.07) is -0.769. The van der Waals surface area contributed by atoms with Crippen molar-refractivity contribution in [3.63, 3.8) is 0 Å². The van der Waals surface area contributed by atoms with Gasteiger partial charge in [0.15, 0.2) is 0 Å². The summed E-state index contributed by atoms with van der Waals surface area (Å²) in [4.78, 5) is 10.3. The maximum atomic E-state index is 10.3. The number of aliphatic carboxylic acids is 1. The third-order valence-corrected chi connectivity index (χ3v) is 1.64. The van der Waals surface area contributed by atoms with E-state index in [1.54, 1.807) is 0 Å². The highest BCUT2D eigenvalue weighted by Crippen LogP contribution is 1.95. The van der Waals surface area contributed by atoms with Crippen molar-refractivity contribution in [2.75, 3.05) is 13.1 Å². The Balaban J connectivity index is 3.34. The lowest BCUT2D eigenvalue weighted by Gasteiger charge is -2.02. The fourth-order valence-electron chi connectivity index (χ4n) is 0.839. The molecule has 80 valence electrons. The molecule has 0 heterocycles. The maximum Gasteiger partial charge on any atom is 0.320 e. The molecule has 0 amide bonds. The second-order valence-electron chi connectivity index (χ2n) is 2.86. The average molecular weight is 199 g/mol. The number of carbonyl (C=O) groups is 1. The molecule has 0 saturated heterocycles. The van der Waals surface area contributed by atoms with Gasteiger partial charge >= 0.3 is 5.97 Å². The average Bonchev–Trinajstić information content (AvgIpc) is 2.16. The number of hydrogen-bond acceptors (Lipinski definition) is 4. The molecule has 0 unspecified atom stereocenters. The molecule has 5 N–H and O–H groups in total. The molecule has 0 fully saturated rings. The van der Waals surface area contributed by atoms with Crippen LogP contribution in [0.1, 0.15) is 12.8 Å². The number of hydrogen-bond donors (Lipinski definition) is 4. The van der Waals surface area contributed by atoms with Crippen LogP contribution in [0, 0.1) is 5.41 Å². The first-order chi connectivity index (χ1) is 6.68. The number of allylic oxidation sites excluding steroid dienone is 1. The van der Waals surface area contributed by atoms with Crippen LogP contribution in [0.3, 0.4) is 0 Å². The van der Waals surface area contributed by atoms with Gasteiger partial charge in [-0.25, -0.2) is 0 Å². The van der Waals surface area contributed by atoms with Crippen LogP contribution in [0.4, 0.5) is 0 Å². The van der Waals surface area contributed by atoms with E-state index >= 15 is 0 Å². The number of rotatable bonds is 8. The number of carboxylic acid groups (broad SMARTS) is 1. The first-order valence-electron chi connectivity index (χ1n) is 4.51. The fourth-order valence-corrected chi connectivity index (χ4v) is 0.839. The van der Waals surface area contributed by atoms with Gasteiger partial charge in [-0.15, -0.1) is 0 Å². The molecule has 0 aliphatic heterocycles. The zero-order chi connectivity index (χ0) is 10.8. The summed E-state index contributed by atoms with van der Waals surface area (Å²) in [5.41, 5.74) is 5.30. The van der Waals surface area contributed by atoms with E-state index in [4.69, 9.17) is 16.2 Å². The molecule has 5 heteroatoms. The molecule has 0 radical (unpaired) electrons. The highest BCUT2D eigenvalue weighted by atomic mass is 16.4. The zero-order valence-electron chi connectivity index (χ0n) is 8.07. The minimum Gasteiger partial charge on any atom is -0.480 e. The van der Waals surface area contributed by atoms with Gasteiger partial charge < -0.3 is 21.6 Å². The van der Waals surface area contributed by atoms with E-state index in [1.807, 2.05) is 12.2 Å². The Morgan fingerprint density at radius 1 is 1.50 bits per heavy atom. The highest BCUT2D eigenvalue weighted by molar-refractivity contribution is 5.72. The van der Waals surface area contributed by atoms with Crippen molar-refractivity contribution >= 4 is 12.2 Å². The second kappa shape index (κ2) is 8.40. The van der Waals surface area contributed by atoms with Crippen molar-refractivity contribution in [3.05, 3.63) is 12.2 Å². The maximum absolute atomic E-state index is 10.3. The van der Waals surface area contributed by atoms with Crippen molar-refractivity contribution in [2.24, 2.45) is 5.73 Å². The summed E-state index contributed by atoms with van der Waals surface area (Å²) in [5.74, 6) is -0.958. The summed E-state index contributed by atoms with van der Waals surface area (Å²) in [5, 5.41) is 18.2. The van der Waals surface area contributed by atoms with E-state index in [9.17, 15) is 4.79 Å². The molecule has 0 bridgehead atoms. The summed E-state index contributed by atoms with van der Waals surface area (Å²) in [6.45, 7) is 1.25. The topological polar surface area (TPSA) is 99.2 Å². The van der Waals surface area contributed by atoms with Gasteiger partial charge in [0, 0.05) is 19.3 Å². The van der Waals surface area contributed by atoms with E-state index in [1.165, 1.54) is 6.21 Å². The van der Waals surface area contributed by atoms with Gasteiger partial charge in [-0.05, 0) is 12.8 Å². The third-order valence-electron chi connectivity index (χ3n) is 1.64. The van der Waals surface area contributed by atoms with Crippen LogP contribution in [0.5, 0.6) is 0 Å². The lowest BCUT2D eigenvalue weighted by molar-refractivity contribution is -0.138. The van der Waals surface area contributed by atoms with Crippen molar-refractivity contribution in [1.82, 2.24) is 5.32 Å². The molecule has 0 spiro atoms. The van der Waals surface area contributed by atoms with Crippen LogP contribution in [0.15, 0.2) is 12.2 Å². The van der Waals surface area contributed by atoms with Gasteiger partial charge in [0.2, 0.25) is 0 Å². The van der Waals surface area contributed by atoms with Crippen molar-refractivity contribution in [3.8, 4) is 0 Å². The SMILES string of the molecule is N=CCNC/C=C\CC[C@H](N)C(=O)O. The van der Waals surface area contributed by atoms with Gasteiger partial charge in [0.05, 0.1) is 0 Å². The second-order valence-corrected chi connectivity index (χ2v) is 2.86. The first kappa shape index (κ1) is 12.8. The normalized spacial score (nSPS) is 12.9. The smallest absolute Gasteiger partial charge is 0.320 e. The zero-order valence-corrected chi connectivity index (χ0v) is 8.07. The first-order valence-corrected chi connectivity index (χ1v) is 4.51. The van der Waals surface area contributed by atoms with Crippen molar-refractivity contribution < 1.29 is 9.90 Å². The third kappa shape index (κ3) is 7.45. The predicted octanol–water partition coefficient (Wildman–Crippen LogP) is -0.0261. The molecule has 0 aromatic heterocycles. The minimum absolute atomic E-state index is 0.455. The van der Waals surface area contributed by atoms with Crippen LogP contribution in [0.2, 0.25) is 0 Å². The predicted molar refractivity (Wildman–Crippen MR) is 55.6 cm³/mol. The van der Waals surface area contributed by atoms with E-state index in [0.717, 1.165) is 0 Å². The number of carboxylic acids is 1. The van der Waals surface area contributed by atoms with Crippen LogP contribution in [0.25, 0.3) is 0 Å². The number of nitrogens with one attached hydrogen (secondary N) is 2. The summed E-state index contributed by atoms with van der Waals surface area (Å²) < 4.78 is 0. The molecule has 0 aliphatic rings. The Kier molecular flexibility index (Phi) is 7.68. The summed E-state index contributed by atoms with van der Waals surface area (Å²) >= 11 is 0. The van der Waals surface area contributed by atoms with Gasteiger partial charge in [0.25, 0.3) is 0 Å². The Bertz CT molecular complexity index is 204. The van der Waals surface area contributed by atoms with E-state index in [2.05, 4.69) is 5.32 Å². The van der Waals surface area contributed by atoms with Gasteiger partial charge in [-0.1, -0.05) is 12.2 Å². The van der Waals surface area contributed by atoms with E-state index < -0.39 is 12.0 Å². The fraction of sp³-hybridized carbons (Fsp3) is 0.556. The van der Waals surface area contributed by atoms with Gasteiger partial charge in [-0.2, -0.15) is 0 Å². The van der Waals surface area contributed by atoms with Gasteiger partial charge in [-0.3, -0.25) is 4.79 Å². The molecule has 0 aliphatic carbocycles. The van der Waals surface area contributed by atoms with Crippen LogP contribution >= 0.6 is 0 Å². The summed E-state index contributed by atoms with van der Waals surface area (Å²) in [6.07, 6.45) is 6.20. The Labute approximate surface area is 83.5 Å². The van der Waals surface area contributed by atoms with Crippen LogP contribution < -0.4 is 11.1 Å². The standard InChI is InChI=1S/C9H17N3O2/c10-5-7-12-6-3-1-2-4-8(11)9(13)14/h1,3,5,8,10,12H,2,4,6-7,11H2,(H,13,14)/b3-1-,10-5?/t8-/m0/s1. The molecule has 5 nitrogen and oxygen atoms in total. The molecule has 0 aromatic carbocycles. The van der Waals surface area contributed by atoms with E-state index in [-0.39, 0.29) is 0 Å². The molecule has 0 rings (SSSR count). The molecular formula is C9H17N3O2. The van der Waals surface area contributed by atoms with E-state index in [0.29, 0.717) is 25.9 Å². The molecular weight excluding hydrogens is 182 g/mol. The Morgan fingerprint density at radius 2 is 2.21 bits per heavy atom. The monoisotopic (exact) mass is 199 g/mol. The largest absolute Gasteiger partial charge is 0.480 e. The Morgan fingerprint density at radius 3 is 2.79 bits per heavy atom. The molecule has 14 heavy (non-hydrogen) atoms. The molecule has 0 aromatic rings. The highest BCUT2D eigenvalue weighted by Gasteiger charge is 2.08. The number of nitrogens with two attached hydrogens (primary N) is 1. The molecule has 1 atom stereocenters. The lowest BCUT2D eigenvalue weighted by Crippen LogP contribution is -2.29. The lowest BCUT2D eigenvalue weighted by atomic mass is 10.1. The van der Waals surface area contributed by atoms with Crippen LogP contribution in [-0.2, 0) is 4.79 Å².